The van der Waals surface area contributed by atoms with Crippen molar-refractivity contribution in [3.63, 3.8) is 0 Å². The van der Waals surface area contributed by atoms with Crippen LogP contribution in [0, 0.1) is 13.8 Å². The predicted molar refractivity (Wildman–Crippen MR) is 63.7 cm³/mol. The van der Waals surface area contributed by atoms with E-state index >= 15 is 0 Å². The summed E-state index contributed by atoms with van der Waals surface area (Å²) in [6.07, 6.45) is 0. The van der Waals surface area contributed by atoms with E-state index in [9.17, 15) is 4.79 Å². The molecule has 0 saturated carbocycles. The molecule has 0 spiro atoms. The van der Waals surface area contributed by atoms with Gasteiger partial charge in [-0.05, 0) is 36.4 Å². The van der Waals surface area contributed by atoms with Crippen molar-refractivity contribution < 1.29 is 4.79 Å². The van der Waals surface area contributed by atoms with Gasteiger partial charge in [-0.1, -0.05) is 24.3 Å². The lowest BCUT2D eigenvalue weighted by Crippen LogP contribution is -2.00. The van der Waals surface area contributed by atoms with E-state index in [-0.39, 0.29) is 5.78 Å². The fourth-order valence-corrected chi connectivity index (χ4v) is 2.36. The third-order valence-electron chi connectivity index (χ3n) is 2.34. The van der Waals surface area contributed by atoms with Gasteiger partial charge in [-0.3, -0.25) is 4.79 Å². The summed E-state index contributed by atoms with van der Waals surface area (Å²) in [7, 11) is 0. The minimum absolute atomic E-state index is 0.131. The second kappa shape index (κ2) is 3.99. The predicted octanol–water partition coefficient (Wildman–Crippen LogP) is 3.60. The molecule has 76 valence electrons. The number of ketones is 1. The molecule has 15 heavy (non-hydrogen) atoms. The molecular formula is C13H12OS. The average Bonchev–Trinajstić information content (AvgIpc) is 2.65. The summed E-state index contributed by atoms with van der Waals surface area (Å²) in [4.78, 5) is 12.9. The first kappa shape index (κ1) is 10.1. The van der Waals surface area contributed by atoms with Gasteiger partial charge in [0.1, 0.15) is 0 Å². The Morgan fingerprint density at radius 1 is 1.20 bits per heavy atom. The number of hydrogen-bond acceptors (Lipinski definition) is 2. The second-order valence-corrected chi connectivity index (χ2v) is 4.54. The number of carbonyl (C=O) groups is 1. The van der Waals surface area contributed by atoms with Gasteiger partial charge in [-0.25, -0.2) is 0 Å². The van der Waals surface area contributed by atoms with Crippen molar-refractivity contribution in [3.8, 4) is 0 Å². The Bertz CT molecular complexity index is 497. The maximum atomic E-state index is 12.1. The van der Waals surface area contributed by atoms with Crippen LogP contribution in [0.4, 0.5) is 0 Å². The zero-order valence-corrected chi connectivity index (χ0v) is 9.60. The highest BCUT2D eigenvalue weighted by molar-refractivity contribution is 7.12. The van der Waals surface area contributed by atoms with Crippen LogP contribution in [-0.2, 0) is 0 Å². The lowest BCUT2D eigenvalue weighted by molar-refractivity contribution is 0.104. The van der Waals surface area contributed by atoms with Crippen molar-refractivity contribution in [2.75, 3.05) is 0 Å². The van der Waals surface area contributed by atoms with Crippen LogP contribution in [-0.4, -0.2) is 5.78 Å². The fraction of sp³-hybridized carbons (Fsp3) is 0.154. The summed E-state index contributed by atoms with van der Waals surface area (Å²) in [6, 6.07) is 9.65. The highest BCUT2D eigenvalue weighted by Crippen LogP contribution is 2.19. The summed E-state index contributed by atoms with van der Waals surface area (Å²) in [5.41, 5.74) is 2.99. The van der Waals surface area contributed by atoms with E-state index in [0.29, 0.717) is 0 Å². The zero-order chi connectivity index (χ0) is 10.8. The van der Waals surface area contributed by atoms with E-state index in [1.54, 1.807) is 0 Å². The first-order valence-corrected chi connectivity index (χ1v) is 5.72. The number of benzene rings is 1. The molecule has 0 unspecified atom stereocenters. The highest BCUT2D eigenvalue weighted by Gasteiger charge is 2.12. The van der Waals surface area contributed by atoms with E-state index in [1.165, 1.54) is 11.3 Å². The molecule has 0 saturated heterocycles. The average molecular weight is 216 g/mol. The normalized spacial score (nSPS) is 10.3. The van der Waals surface area contributed by atoms with Crippen LogP contribution in [0.1, 0.15) is 26.4 Å². The minimum atomic E-state index is 0.131. The molecule has 1 nitrogen and oxygen atoms in total. The zero-order valence-electron chi connectivity index (χ0n) is 8.78. The summed E-state index contributed by atoms with van der Waals surface area (Å²) in [6.45, 7) is 3.97. The van der Waals surface area contributed by atoms with Crippen LogP contribution in [0.5, 0.6) is 0 Å². The summed E-state index contributed by atoms with van der Waals surface area (Å²) >= 11 is 1.51. The molecule has 0 atom stereocenters. The van der Waals surface area contributed by atoms with Crippen LogP contribution < -0.4 is 0 Å². The Morgan fingerprint density at radius 2 is 1.93 bits per heavy atom. The van der Waals surface area contributed by atoms with Crippen molar-refractivity contribution in [2.45, 2.75) is 13.8 Å². The van der Waals surface area contributed by atoms with Gasteiger partial charge in [0.15, 0.2) is 0 Å². The number of thiophene rings is 1. The molecule has 1 aromatic heterocycles. The molecule has 0 amide bonds. The number of hydrogen-bond donors (Lipinski definition) is 0. The van der Waals surface area contributed by atoms with Gasteiger partial charge in [0, 0.05) is 5.56 Å². The van der Waals surface area contributed by atoms with Crippen LogP contribution in [0.15, 0.2) is 35.7 Å². The van der Waals surface area contributed by atoms with Crippen molar-refractivity contribution in [3.05, 3.63) is 57.3 Å². The van der Waals surface area contributed by atoms with Gasteiger partial charge in [-0.15, -0.1) is 11.3 Å². The SMILES string of the molecule is Cc1csc(C(=O)c2ccccc2C)c1. The number of carbonyl (C=O) groups excluding carboxylic acids is 1. The van der Waals surface area contributed by atoms with Crippen LogP contribution in [0.2, 0.25) is 0 Å². The topological polar surface area (TPSA) is 17.1 Å². The summed E-state index contributed by atoms with van der Waals surface area (Å²) in [5.74, 6) is 0.131. The Morgan fingerprint density at radius 3 is 2.53 bits per heavy atom. The Labute approximate surface area is 93.4 Å². The molecule has 0 aliphatic carbocycles. The number of aryl methyl sites for hydroxylation is 2. The van der Waals surface area contributed by atoms with Gasteiger partial charge in [0.05, 0.1) is 4.88 Å². The van der Waals surface area contributed by atoms with Crippen LogP contribution in [0.25, 0.3) is 0 Å². The minimum Gasteiger partial charge on any atom is -0.288 e. The molecule has 0 aliphatic heterocycles. The third-order valence-corrected chi connectivity index (χ3v) is 3.39. The van der Waals surface area contributed by atoms with Gasteiger partial charge in [-0.2, -0.15) is 0 Å². The summed E-state index contributed by atoms with van der Waals surface area (Å²) < 4.78 is 0. The molecule has 2 aromatic rings. The first-order valence-electron chi connectivity index (χ1n) is 4.84. The van der Waals surface area contributed by atoms with E-state index in [2.05, 4.69) is 0 Å². The van der Waals surface area contributed by atoms with Gasteiger partial charge < -0.3 is 0 Å². The first-order chi connectivity index (χ1) is 7.18. The second-order valence-electron chi connectivity index (χ2n) is 3.63. The summed E-state index contributed by atoms with van der Waals surface area (Å²) in [5, 5.41) is 2.01. The quantitative estimate of drug-likeness (QED) is 0.701. The Balaban J connectivity index is 2.41. The van der Waals surface area contributed by atoms with Crippen molar-refractivity contribution in [2.24, 2.45) is 0 Å². The Hall–Kier alpha value is -1.41. The van der Waals surface area contributed by atoms with Crippen molar-refractivity contribution >= 4 is 17.1 Å². The van der Waals surface area contributed by atoms with Gasteiger partial charge in [0.2, 0.25) is 5.78 Å². The van der Waals surface area contributed by atoms with Crippen molar-refractivity contribution in [1.82, 2.24) is 0 Å². The highest BCUT2D eigenvalue weighted by atomic mass is 32.1. The molecular weight excluding hydrogens is 204 g/mol. The van der Waals surface area contributed by atoms with E-state index < -0.39 is 0 Å². The smallest absolute Gasteiger partial charge is 0.203 e. The van der Waals surface area contributed by atoms with Crippen molar-refractivity contribution in [1.29, 1.82) is 0 Å². The van der Waals surface area contributed by atoms with E-state index in [4.69, 9.17) is 0 Å². The molecule has 1 aromatic carbocycles. The largest absolute Gasteiger partial charge is 0.288 e. The standard InChI is InChI=1S/C13H12OS/c1-9-7-12(15-8-9)13(14)11-6-4-3-5-10(11)2/h3-8H,1-2H3. The molecule has 0 bridgehead atoms. The van der Waals surface area contributed by atoms with Gasteiger partial charge in [0.25, 0.3) is 0 Å². The molecule has 1 heterocycles. The van der Waals surface area contributed by atoms with Crippen LogP contribution in [0.3, 0.4) is 0 Å². The van der Waals surface area contributed by atoms with Crippen LogP contribution >= 0.6 is 11.3 Å². The Kier molecular flexibility index (Phi) is 2.69. The molecule has 0 aliphatic rings. The maximum absolute atomic E-state index is 12.1. The molecule has 0 N–H and O–H groups in total. The lowest BCUT2D eigenvalue weighted by atomic mass is 10.0. The van der Waals surface area contributed by atoms with Gasteiger partial charge >= 0.3 is 0 Å². The van der Waals surface area contributed by atoms with E-state index in [1.807, 2.05) is 49.6 Å². The fourth-order valence-electron chi connectivity index (χ4n) is 1.51. The molecule has 2 rings (SSSR count). The van der Waals surface area contributed by atoms with E-state index in [0.717, 1.165) is 21.6 Å². The lowest BCUT2D eigenvalue weighted by Gasteiger charge is -2.01. The number of rotatable bonds is 2. The monoisotopic (exact) mass is 216 g/mol. The maximum Gasteiger partial charge on any atom is 0.203 e. The molecule has 0 fully saturated rings. The molecule has 0 radical (unpaired) electrons. The third kappa shape index (κ3) is 2.00. The molecule has 2 heteroatoms.